The number of carbonyl (C=O) groups excluding carboxylic acids is 1. The molecule has 20 heavy (non-hydrogen) atoms. The first kappa shape index (κ1) is 14.8. The summed E-state index contributed by atoms with van der Waals surface area (Å²) in [6.45, 7) is 0.244. The molecule has 0 fully saturated rings. The van der Waals surface area contributed by atoms with Gasteiger partial charge in [-0.3, -0.25) is 4.79 Å². The van der Waals surface area contributed by atoms with E-state index in [-0.39, 0.29) is 23.8 Å². The first-order valence-corrected chi connectivity index (χ1v) is 6.81. The lowest BCUT2D eigenvalue weighted by molar-refractivity contribution is 0.103. The number of halogens is 3. The van der Waals surface area contributed by atoms with Crippen molar-refractivity contribution in [1.82, 2.24) is 0 Å². The highest BCUT2D eigenvalue weighted by atomic mass is 35.5. The van der Waals surface area contributed by atoms with Crippen molar-refractivity contribution in [3.63, 3.8) is 0 Å². The zero-order valence-corrected chi connectivity index (χ0v) is 11.9. The number of carbonyl (C=O) groups is 1. The molecule has 0 saturated carbocycles. The number of hydrogen-bond donors (Lipinski definition) is 0. The second kappa shape index (κ2) is 6.73. The van der Waals surface area contributed by atoms with Gasteiger partial charge in [0.15, 0.2) is 5.78 Å². The zero-order chi connectivity index (χ0) is 14.5. The van der Waals surface area contributed by atoms with Crippen molar-refractivity contribution in [3.8, 4) is 5.75 Å². The van der Waals surface area contributed by atoms with Crippen LogP contribution in [0.15, 0.2) is 42.5 Å². The molecule has 2 rings (SSSR count). The molecule has 5 heteroatoms. The second-order valence-corrected chi connectivity index (χ2v) is 4.83. The molecule has 0 bridgehead atoms. The minimum atomic E-state index is -0.500. The van der Waals surface area contributed by atoms with Crippen LogP contribution in [-0.4, -0.2) is 18.3 Å². The van der Waals surface area contributed by atoms with Gasteiger partial charge in [0.05, 0.1) is 11.4 Å². The van der Waals surface area contributed by atoms with E-state index < -0.39 is 5.82 Å². The van der Waals surface area contributed by atoms with Crippen molar-refractivity contribution in [3.05, 3.63) is 64.4 Å². The highest BCUT2D eigenvalue weighted by molar-refractivity contribution is 6.30. The van der Waals surface area contributed by atoms with Gasteiger partial charge in [0.2, 0.25) is 0 Å². The zero-order valence-electron chi connectivity index (χ0n) is 10.4. The van der Waals surface area contributed by atoms with Crippen LogP contribution in [0.3, 0.4) is 0 Å². The minimum absolute atomic E-state index is 0.164. The van der Waals surface area contributed by atoms with Gasteiger partial charge in [0.25, 0.3) is 0 Å². The van der Waals surface area contributed by atoms with Gasteiger partial charge in [-0.05, 0) is 42.5 Å². The van der Waals surface area contributed by atoms with Crippen LogP contribution < -0.4 is 4.74 Å². The van der Waals surface area contributed by atoms with Crippen LogP contribution in [0.2, 0.25) is 5.02 Å². The molecule has 0 aliphatic carbocycles. The topological polar surface area (TPSA) is 26.3 Å². The van der Waals surface area contributed by atoms with Crippen LogP contribution in [0.5, 0.6) is 5.75 Å². The van der Waals surface area contributed by atoms with E-state index in [1.807, 2.05) is 0 Å². The Bertz CT molecular complexity index is 612. The molecule has 0 aliphatic rings. The van der Waals surface area contributed by atoms with Crippen molar-refractivity contribution in [1.29, 1.82) is 0 Å². The molecule has 0 radical (unpaired) electrons. The van der Waals surface area contributed by atoms with Gasteiger partial charge < -0.3 is 4.74 Å². The van der Waals surface area contributed by atoms with Crippen molar-refractivity contribution in [2.45, 2.75) is 0 Å². The third-order valence-corrected chi connectivity index (χ3v) is 3.03. The summed E-state index contributed by atoms with van der Waals surface area (Å²) in [7, 11) is 0. The Balaban J connectivity index is 2.37. The molecule has 2 aromatic rings. The first-order chi connectivity index (χ1) is 9.61. The highest BCUT2D eigenvalue weighted by Crippen LogP contribution is 2.23. The monoisotopic (exact) mass is 312 g/mol. The molecule has 2 aromatic carbocycles. The molecule has 2 nitrogen and oxygen atoms in total. The quantitative estimate of drug-likeness (QED) is 0.607. The van der Waals surface area contributed by atoms with E-state index in [4.69, 9.17) is 27.9 Å². The lowest BCUT2D eigenvalue weighted by Gasteiger charge is -2.10. The molecule has 0 N–H and O–H groups in total. The highest BCUT2D eigenvalue weighted by Gasteiger charge is 2.16. The van der Waals surface area contributed by atoms with Gasteiger partial charge in [-0.15, -0.1) is 11.6 Å². The summed E-state index contributed by atoms with van der Waals surface area (Å²) in [6, 6.07) is 10.2. The van der Waals surface area contributed by atoms with Crippen LogP contribution in [-0.2, 0) is 0 Å². The Labute approximate surface area is 126 Å². The van der Waals surface area contributed by atoms with Crippen LogP contribution >= 0.6 is 23.2 Å². The number of benzene rings is 2. The summed E-state index contributed by atoms with van der Waals surface area (Å²) in [6.07, 6.45) is 0. The number of hydrogen-bond acceptors (Lipinski definition) is 2. The molecule has 0 atom stereocenters. The van der Waals surface area contributed by atoms with Crippen LogP contribution in [0.4, 0.5) is 4.39 Å². The molecule has 0 heterocycles. The lowest BCUT2D eigenvalue weighted by Crippen LogP contribution is -2.07. The number of ether oxygens (including phenoxy) is 1. The minimum Gasteiger partial charge on any atom is -0.492 e. The predicted molar refractivity (Wildman–Crippen MR) is 77.5 cm³/mol. The molecule has 0 aliphatic heterocycles. The van der Waals surface area contributed by atoms with Gasteiger partial charge >= 0.3 is 0 Å². The fraction of sp³-hybridized carbons (Fsp3) is 0.133. The molecule has 0 amide bonds. The maximum Gasteiger partial charge on any atom is 0.196 e. The van der Waals surface area contributed by atoms with Gasteiger partial charge in [0, 0.05) is 10.6 Å². The van der Waals surface area contributed by atoms with Crippen molar-refractivity contribution < 1.29 is 13.9 Å². The van der Waals surface area contributed by atoms with Gasteiger partial charge in [-0.1, -0.05) is 11.6 Å². The first-order valence-electron chi connectivity index (χ1n) is 5.90. The molecule has 0 unspecified atom stereocenters. The van der Waals surface area contributed by atoms with E-state index in [1.165, 1.54) is 12.1 Å². The third-order valence-electron chi connectivity index (χ3n) is 2.63. The summed E-state index contributed by atoms with van der Waals surface area (Å²) in [5.41, 5.74) is 0.577. The summed E-state index contributed by atoms with van der Waals surface area (Å²) in [5, 5.41) is 0.527. The Morgan fingerprint density at radius 2 is 1.85 bits per heavy atom. The third kappa shape index (κ3) is 3.50. The SMILES string of the molecule is O=C(c1ccc(Cl)cc1)c1cc(F)ccc1OCCCl. The maximum absolute atomic E-state index is 13.4. The Morgan fingerprint density at radius 1 is 1.15 bits per heavy atom. The van der Waals surface area contributed by atoms with Crippen LogP contribution in [0.1, 0.15) is 15.9 Å². The second-order valence-electron chi connectivity index (χ2n) is 4.01. The predicted octanol–water partition coefficient (Wildman–Crippen LogP) is 4.33. The Kier molecular flexibility index (Phi) is 4.99. The van der Waals surface area contributed by atoms with E-state index in [1.54, 1.807) is 24.3 Å². The smallest absolute Gasteiger partial charge is 0.196 e. The van der Waals surface area contributed by atoms with E-state index in [0.717, 1.165) is 6.07 Å². The van der Waals surface area contributed by atoms with Gasteiger partial charge in [-0.2, -0.15) is 0 Å². The van der Waals surface area contributed by atoms with Gasteiger partial charge in [-0.25, -0.2) is 4.39 Å². The summed E-state index contributed by atoms with van der Waals surface area (Å²) >= 11 is 11.3. The van der Waals surface area contributed by atoms with Gasteiger partial charge in [0.1, 0.15) is 18.2 Å². The normalized spacial score (nSPS) is 10.3. The van der Waals surface area contributed by atoms with Crippen molar-refractivity contribution in [2.75, 3.05) is 12.5 Å². The van der Waals surface area contributed by atoms with Crippen LogP contribution in [0, 0.1) is 5.82 Å². The molecule has 0 aromatic heterocycles. The standard InChI is InChI=1S/C15H11Cl2FO2/c16-7-8-20-14-6-5-12(18)9-13(14)15(19)10-1-3-11(17)4-2-10/h1-6,9H,7-8H2. The largest absolute Gasteiger partial charge is 0.492 e. The van der Waals surface area contributed by atoms with E-state index in [0.29, 0.717) is 16.3 Å². The summed E-state index contributed by atoms with van der Waals surface area (Å²) in [4.78, 5) is 12.4. The number of ketones is 1. The lowest BCUT2D eigenvalue weighted by atomic mass is 10.0. The fourth-order valence-corrected chi connectivity index (χ4v) is 1.91. The maximum atomic E-state index is 13.4. The molecular formula is C15H11Cl2FO2. The van der Waals surface area contributed by atoms with E-state index >= 15 is 0 Å². The summed E-state index contributed by atoms with van der Waals surface area (Å²) in [5.74, 6) is -0.232. The Morgan fingerprint density at radius 3 is 2.50 bits per heavy atom. The molecule has 0 spiro atoms. The molecule has 0 saturated heterocycles. The molecular weight excluding hydrogens is 302 g/mol. The Hall–Kier alpha value is -1.58. The molecule has 104 valence electrons. The average Bonchev–Trinajstić information content (AvgIpc) is 2.46. The van der Waals surface area contributed by atoms with E-state index in [9.17, 15) is 9.18 Å². The van der Waals surface area contributed by atoms with Crippen molar-refractivity contribution in [2.24, 2.45) is 0 Å². The fourth-order valence-electron chi connectivity index (χ4n) is 1.71. The van der Waals surface area contributed by atoms with E-state index in [2.05, 4.69) is 0 Å². The number of alkyl halides is 1. The van der Waals surface area contributed by atoms with Crippen molar-refractivity contribution >= 4 is 29.0 Å². The summed E-state index contributed by atoms with van der Waals surface area (Å²) < 4.78 is 18.7. The van der Waals surface area contributed by atoms with Crippen LogP contribution in [0.25, 0.3) is 0 Å². The average molecular weight is 313 g/mol. The number of rotatable bonds is 5.